The van der Waals surface area contributed by atoms with Gasteiger partial charge in [-0.2, -0.15) is 5.26 Å². The van der Waals surface area contributed by atoms with Gasteiger partial charge in [-0.15, -0.1) is 0 Å². The molecule has 1 aromatic carbocycles. The van der Waals surface area contributed by atoms with Crippen molar-refractivity contribution < 1.29 is 0 Å². The molecule has 0 aromatic heterocycles. The van der Waals surface area contributed by atoms with Crippen molar-refractivity contribution in [3.63, 3.8) is 0 Å². The van der Waals surface area contributed by atoms with Gasteiger partial charge in [-0.1, -0.05) is 19.1 Å². The van der Waals surface area contributed by atoms with Gasteiger partial charge in [0.15, 0.2) is 0 Å². The zero-order chi connectivity index (χ0) is 9.68. The molecule has 1 rings (SSSR count). The molecular formula is C11H14N2. The summed E-state index contributed by atoms with van der Waals surface area (Å²) in [7, 11) is 0. The van der Waals surface area contributed by atoms with Crippen LogP contribution in [0.25, 0.3) is 0 Å². The van der Waals surface area contributed by atoms with E-state index < -0.39 is 0 Å². The van der Waals surface area contributed by atoms with Crippen molar-refractivity contribution in [1.29, 1.82) is 5.26 Å². The summed E-state index contributed by atoms with van der Waals surface area (Å²) in [5.74, 6) is 0. The molecule has 68 valence electrons. The van der Waals surface area contributed by atoms with Crippen LogP contribution in [0, 0.1) is 18.3 Å². The van der Waals surface area contributed by atoms with Gasteiger partial charge in [0.1, 0.15) is 6.07 Å². The second-order valence-corrected chi connectivity index (χ2v) is 3.04. The van der Waals surface area contributed by atoms with Crippen molar-refractivity contribution in [1.82, 2.24) is 0 Å². The fraction of sp³-hybridized carbons (Fsp3) is 0.364. The van der Waals surface area contributed by atoms with Gasteiger partial charge in [0.05, 0.1) is 11.3 Å². The molecule has 0 aliphatic heterocycles. The Labute approximate surface area is 79.2 Å². The van der Waals surface area contributed by atoms with Crippen LogP contribution in [0.1, 0.15) is 24.5 Å². The third-order valence-corrected chi connectivity index (χ3v) is 1.95. The van der Waals surface area contributed by atoms with Crippen LogP contribution in [0.4, 0.5) is 5.69 Å². The summed E-state index contributed by atoms with van der Waals surface area (Å²) in [4.78, 5) is 0. The Balaban J connectivity index is 2.93. The average Bonchev–Trinajstić information content (AvgIpc) is 2.15. The first kappa shape index (κ1) is 9.60. The molecule has 0 aliphatic carbocycles. The van der Waals surface area contributed by atoms with Gasteiger partial charge >= 0.3 is 0 Å². The quantitative estimate of drug-likeness (QED) is 0.764. The van der Waals surface area contributed by atoms with E-state index >= 15 is 0 Å². The predicted octanol–water partition coefficient (Wildman–Crippen LogP) is 2.69. The SMILES string of the molecule is CCCNc1cccc(C)c1C#N. The standard InChI is InChI=1S/C11H14N2/c1-3-7-13-11-6-4-5-9(2)10(11)8-12/h4-6,13H,3,7H2,1-2H3. The first-order valence-electron chi connectivity index (χ1n) is 4.53. The van der Waals surface area contributed by atoms with Gasteiger partial charge in [0, 0.05) is 6.54 Å². The molecule has 0 spiro atoms. The van der Waals surface area contributed by atoms with Crippen molar-refractivity contribution in [3.8, 4) is 6.07 Å². The molecule has 2 heteroatoms. The Morgan fingerprint density at radius 3 is 2.85 bits per heavy atom. The lowest BCUT2D eigenvalue weighted by atomic mass is 10.1. The highest BCUT2D eigenvalue weighted by molar-refractivity contribution is 5.60. The molecular weight excluding hydrogens is 160 g/mol. The molecule has 0 radical (unpaired) electrons. The van der Waals surface area contributed by atoms with Crippen LogP contribution in [0.15, 0.2) is 18.2 Å². The van der Waals surface area contributed by atoms with Gasteiger partial charge in [-0.3, -0.25) is 0 Å². The highest BCUT2D eigenvalue weighted by Gasteiger charge is 2.02. The highest BCUT2D eigenvalue weighted by Crippen LogP contribution is 2.17. The van der Waals surface area contributed by atoms with E-state index in [0.717, 1.165) is 29.8 Å². The van der Waals surface area contributed by atoms with Crippen molar-refractivity contribution >= 4 is 5.69 Å². The Morgan fingerprint density at radius 2 is 2.23 bits per heavy atom. The molecule has 13 heavy (non-hydrogen) atoms. The van der Waals surface area contributed by atoms with Crippen LogP contribution in [0.2, 0.25) is 0 Å². The third-order valence-electron chi connectivity index (χ3n) is 1.95. The first-order valence-corrected chi connectivity index (χ1v) is 4.53. The molecule has 0 atom stereocenters. The summed E-state index contributed by atoms with van der Waals surface area (Å²) in [6, 6.07) is 8.08. The van der Waals surface area contributed by atoms with Crippen molar-refractivity contribution in [2.24, 2.45) is 0 Å². The Bertz CT molecular complexity index is 323. The zero-order valence-electron chi connectivity index (χ0n) is 8.09. The third kappa shape index (κ3) is 2.22. The molecule has 1 aromatic rings. The zero-order valence-corrected chi connectivity index (χ0v) is 8.09. The number of aryl methyl sites for hydroxylation is 1. The van der Waals surface area contributed by atoms with E-state index in [-0.39, 0.29) is 0 Å². The molecule has 0 bridgehead atoms. The topological polar surface area (TPSA) is 35.8 Å². The number of hydrogen-bond acceptors (Lipinski definition) is 2. The van der Waals surface area contributed by atoms with Crippen molar-refractivity contribution in [2.75, 3.05) is 11.9 Å². The smallest absolute Gasteiger partial charge is 0.102 e. The minimum atomic E-state index is 0.760. The van der Waals surface area contributed by atoms with E-state index in [1.54, 1.807) is 0 Å². The van der Waals surface area contributed by atoms with Crippen LogP contribution < -0.4 is 5.32 Å². The van der Waals surface area contributed by atoms with E-state index in [2.05, 4.69) is 18.3 Å². The monoisotopic (exact) mass is 174 g/mol. The van der Waals surface area contributed by atoms with E-state index in [0.29, 0.717) is 0 Å². The second-order valence-electron chi connectivity index (χ2n) is 3.04. The fourth-order valence-electron chi connectivity index (χ4n) is 1.22. The van der Waals surface area contributed by atoms with Crippen LogP contribution in [0.5, 0.6) is 0 Å². The molecule has 0 aliphatic rings. The molecule has 0 amide bonds. The van der Waals surface area contributed by atoms with Gasteiger partial charge in [0.25, 0.3) is 0 Å². The summed E-state index contributed by atoms with van der Waals surface area (Å²) >= 11 is 0. The van der Waals surface area contributed by atoms with Gasteiger partial charge in [-0.05, 0) is 25.0 Å². The maximum absolute atomic E-state index is 8.91. The first-order chi connectivity index (χ1) is 6.29. The fourth-order valence-corrected chi connectivity index (χ4v) is 1.22. The molecule has 0 unspecified atom stereocenters. The highest BCUT2D eigenvalue weighted by atomic mass is 14.9. The van der Waals surface area contributed by atoms with Gasteiger partial charge < -0.3 is 5.32 Å². The summed E-state index contributed by atoms with van der Waals surface area (Å²) in [6.07, 6.45) is 1.07. The summed E-state index contributed by atoms with van der Waals surface area (Å²) < 4.78 is 0. The second kappa shape index (κ2) is 4.51. The Morgan fingerprint density at radius 1 is 1.46 bits per heavy atom. The number of nitrogens with zero attached hydrogens (tertiary/aromatic N) is 1. The van der Waals surface area contributed by atoms with E-state index in [9.17, 15) is 0 Å². The van der Waals surface area contributed by atoms with Crippen LogP contribution in [-0.2, 0) is 0 Å². The maximum atomic E-state index is 8.91. The van der Waals surface area contributed by atoms with Gasteiger partial charge in [-0.25, -0.2) is 0 Å². The van der Waals surface area contributed by atoms with E-state index in [4.69, 9.17) is 5.26 Å². The molecule has 0 heterocycles. The summed E-state index contributed by atoms with van der Waals surface area (Å²) in [5.41, 5.74) is 2.74. The lowest BCUT2D eigenvalue weighted by Crippen LogP contribution is -2.02. The van der Waals surface area contributed by atoms with Crippen molar-refractivity contribution in [2.45, 2.75) is 20.3 Å². The Kier molecular flexibility index (Phi) is 3.33. The molecule has 0 saturated heterocycles. The number of benzene rings is 1. The number of anilines is 1. The van der Waals surface area contributed by atoms with E-state index in [1.165, 1.54) is 0 Å². The van der Waals surface area contributed by atoms with Crippen LogP contribution >= 0.6 is 0 Å². The van der Waals surface area contributed by atoms with Gasteiger partial charge in [0.2, 0.25) is 0 Å². The average molecular weight is 174 g/mol. The minimum absolute atomic E-state index is 0.760. The molecule has 0 saturated carbocycles. The number of rotatable bonds is 3. The normalized spacial score (nSPS) is 9.31. The number of nitrogens with one attached hydrogen (secondary N) is 1. The molecule has 0 fully saturated rings. The van der Waals surface area contributed by atoms with Crippen LogP contribution in [0.3, 0.4) is 0 Å². The summed E-state index contributed by atoms with van der Waals surface area (Å²) in [5, 5.41) is 12.1. The molecule has 1 N–H and O–H groups in total. The minimum Gasteiger partial charge on any atom is -0.384 e. The lowest BCUT2D eigenvalue weighted by Gasteiger charge is -2.07. The molecule has 2 nitrogen and oxygen atoms in total. The number of nitriles is 1. The number of hydrogen-bond donors (Lipinski definition) is 1. The lowest BCUT2D eigenvalue weighted by molar-refractivity contribution is 0.978. The van der Waals surface area contributed by atoms with E-state index in [1.807, 2.05) is 25.1 Å². The summed E-state index contributed by atoms with van der Waals surface area (Å²) in [6.45, 7) is 4.97. The van der Waals surface area contributed by atoms with Crippen molar-refractivity contribution in [3.05, 3.63) is 29.3 Å². The maximum Gasteiger partial charge on any atom is 0.102 e. The largest absolute Gasteiger partial charge is 0.384 e. The van der Waals surface area contributed by atoms with Crippen LogP contribution in [-0.4, -0.2) is 6.54 Å². The Hall–Kier alpha value is -1.49. The predicted molar refractivity (Wildman–Crippen MR) is 54.7 cm³/mol.